The molecule has 0 atom stereocenters. The first-order valence-corrected chi connectivity index (χ1v) is 8.15. The fourth-order valence-corrected chi connectivity index (χ4v) is 2.53. The van der Waals surface area contributed by atoms with Gasteiger partial charge in [-0.2, -0.15) is 9.97 Å². The summed E-state index contributed by atoms with van der Waals surface area (Å²) in [6, 6.07) is 0. The molecule has 0 aromatic carbocycles. The maximum absolute atomic E-state index is 11.2. The Kier molecular flexibility index (Phi) is 6.32. The van der Waals surface area contributed by atoms with Crippen molar-refractivity contribution in [3.8, 4) is 0 Å². The van der Waals surface area contributed by atoms with E-state index in [-0.39, 0.29) is 30.9 Å². The number of esters is 2. The number of aliphatic hydroxyl groups is 1. The molecule has 0 unspecified atom stereocenters. The molecule has 26 heavy (non-hydrogen) atoms. The van der Waals surface area contributed by atoms with Crippen molar-refractivity contribution in [3.05, 3.63) is 11.5 Å². The Bertz CT molecular complexity index is 791. The van der Waals surface area contributed by atoms with Crippen LogP contribution >= 0.6 is 11.6 Å². The number of hydrogen-bond donors (Lipinski definition) is 2. The number of ether oxygens (including phenoxy) is 2. The zero-order valence-electron chi connectivity index (χ0n) is 14.4. The minimum absolute atomic E-state index is 0.0116. The number of rotatable bonds is 8. The lowest BCUT2D eigenvalue weighted by atomic mass is 9.87. The molecule has 3 N–H and O–H groups in total. The molecule has 0 saturated carbocycles. The third kappa shape index (κ3) is 4.79. The quantitative estimate of drug-likeness (QED) is 0.492. The van der Waals surface area contributed by atoms with Gasteiger partial charge in [0.25, 0.3) is 0 Å². The molecule has 0 amide bonds. The Morgan fingerprint density at radius 1 is 1.27 bits per heavy atom. The van der Waals surface area contributed by atoms with Gasteiger partial charge in [-0.05, 0) is 6.42 Å². The topological polar surface area (TPSA) is 142 Å². The van der Waals surface area contributed by atoms with Crippen LogP contribution in [0.1, 0.15) is 20.3 Å². The molecule has 2 heterocycles. The third-order valence-corrected chi connectivity index (χ3v) is 4.08. The Labute approximate surface area is 154 Å². The number of halogens is 1. The molecule has 2 aromatic rings. The number of fused-ring (bicyclic) bond motifs is 1. The monoisotopic (exact) mass is 385 g/mol. The van der Waals surface area contributed by atoms with Gasteiger partial charge < -0.3 is 24.9 Å². The molecule has 11 heteroatoms. The molecule has 2 aromatic heterocycles. The average Bonchev–Trinajstić information content (AvgIpc) is 2.97. The molecule has 0 aliphatic rings. The summed E-state index contributed by atoms with van der Waals surface area (Å²) in [7, 11) is 0. The summed E-state index contributed by atoms with van der Waals surface area (Å²) in [5, 5.41) is 10.00. The van der Waals surface area contributed by atoms with Gasteiger partial charge in [0.15, 0.2) is 10.8 Å². The van der Waals surface area contributed by atoms with Gasteiger partial charge in [-0.3, -0.25) is 9.59 Å². The van der Waals surface area contributed by atoms with Gasteiger partial charge in [-0.1, -0.05) is 11.6 Å². The van der Waals surface area contributed by atoms with E-state index in [0.29, 0.717) is 24.1 Å². The molecule has 0 aliphatic heterocycles. The summed E-state index contributed by atoms with van der Waals surface area (Å²) in [4.78, 5) is 34.4. The van der Waals surface area contributed by atoms with Gasteiger partial charge in [0.2, 0.25) is 5.95 Å². The third-order valence-electron chi connectivity index (χ3n) is 3.82. The van der Waals surface area contributed by atoms with Crippen LogP contribution in [-0.2, 0) is 25.6 Å². The first-order valence-electron chi connectivity index (χ1n) is 7.78. The van der Waals surface area contributed by atoms with Crippen LogP contribution in [0.3, 0.4) is 0 Å². The second-order valence-electron chi connectivity index (χ2n) is 5.95. The number of aromatic nitrogens is 4. The fraction of sp³-hybridized carbons (Fsp3) is 0.533. The van der Waals surface area contributed by atoms with E-state index in [1.165, 1.54) is 20.2 Å². The number of carbonyl (C=O) groups excluding carboxylic acids is 2. The molecule has 0 spiro atoms. The van der Waals surface area contributed by atoms with E-state index in [0.717, 1.165) is 0 Å². The number of carbonyl (C=O) groups is 2. The summed E-state index contributed by atoms with van der Waals surface area (Å²) < 4.78 is 11.8. The van der Waals surface area contributed by atoms with Crippen molar-refractivity contribution in [1.29, 1.82) is 0 Å². The van der Waals surface area contributed by atoms with Gasteiger partial charge >= 0.3 is 11.9 Å². The number of hydrogen-bond acceptors (Lipinski definition) is 9. The molecule has 0 fully saturated rings. The van der Waals surface area contributed by atoms with Crippen molar-refractivity contribution in [3.63, 3.8) is 0 Å². The lowest BCUT2D eigenvalue weighted by Crippen LogP contribution is -2.38. The van der Waals surface area contributed by atoms with E-state index in [4.69, 9.17) is 26.8 Å². The van der Waals surface area contributed by atoms with E-state index < -0.39 is 17.4 Å². The largest absolute Gasteiger partial charge is 0.465 e. The maximum atomic E-state index is 11.2. The summed E-state index contributed by atoms with van der Waals surface area (Å²) in [6.45, 7) is 2.32. The highest BCUT2D eigenvalue weighted by atomic mass is 35.5. The molecule has 0 radical (unpaired) electrons. The number of anilines is 1. The molecule has 0 bridgehead atoms. The smallest absolute Gasteiger partial charge is 0.302 e. The van der Waals surface area contributed by atoms with Crippen LogP contribution in [0, 0.1) is 5.41 Å². The first-order chi connectivity index (χ1) is 12.3. The fourth-order valence-electron chi connectivity index (χ4n) is 2.31. The van der Waals surface area contributed by atoms with Crippen molar-refractivity contribution in [2.45, 2.75) is 26.8 Å². The Balaban J connectivity index is 2.22. The van der Waals surface area contributed by atoms with E-state index in [1.54, 1.807) is 4.57 Å². The van der Waals surface area contributed by atoms with Crippen LogP contribution in [0.2, 0.25) is 5.15 Å². The minimum Gasteiger partial charge on any atom is -0.465 e. The van der Waals surface area contributed by atoms with E-state index in [1.807, 2.05) is 0 Å². The number of imidazole rings is 1. The number of nitrogens with zero attached hydrogens (tertiary/aromatic N) is 4. The molecule has 142 valence electrons. The summed E-state index contributed by atoms with van der Waals surface area (Å²) in [5.41, 5.74) is 5.50. The van der Waals surface area contributed by atoms with Gasteiger partial charge in [0.05, 0.1) is 18.3 Å². The summed E-state index contributed by atoms with van der Waals surface area (Å²) in [5.74, 6) is -0.977. The Morgan fingerprint density at radius 3 is 2.42 bits per heavy atom. The van der Waals surface area contributed by atoms with Gasteiger partial charge in [-0.15, -0.1) is 0 Å². The standard InChI is InChI=1S/C15H20ClN5O5/c1-9(23)25-6-15(5-22,7-26-10(2)24)3-4-21-8-18-11-12(16)19-14(17)20-13(11)21/h8,22H,3-7H2,1-2H3,(H2,17,19,20). The summed E-state index contributed by atoms with van der Waals surface area (Å²) >= 11 is 6.00. The normalized spacial score (nSPS) is 11.5. The Morgan fingerprint density at radius 2 is 1.88 bits per heavy atom. The van der Waals surface area contributed by atoms with Crippen LogP contribution in [0.4, 0.5) is 5.95 Å². The number of nitrogens with two attached hydrogens (primary N) is 1. The van der Waals surface area contributed by atoms with Crippen LogP contribution < -0.4 is 5.73 Å². The lowest BCUT2D eigenvalue weighted by Gasteiger charge is -2.30. The lowest BCUT2D eigenvalue weighted by molar-refractivity contribution is -0.154. The molecule has 0 aliphatic carbocycles. The van der Waals surface area contributed by atoms with Crippen molar-refractivity contribution in [2.24, 2.45) is 5.41 Å². The predicted molar refractivity (Wildman–Crippen MR) is 92.1 cm³/mol. The minimum atomic E-state index is -0.962. The highest BCUT2D eigenvalue weighted by Crippen LogP contribution is 2.26. The Hall–Kier alpha value is -2.46. The molecule has 2 rings (SSSR count). The van der Waals surface area contributed by atoms with Crippen LogP contribution in [-0.4, -0.2) is 56.4 Å². The van der Waals surface area contributed by atoms with Crippen molar-refractivity contribution >= 4 is 40.7 Å². The zero-order chi connectivity index (χ0) is 19.3. The zero-order valence-corrected chi connectivity index (χ0v) is 15.2. The van der Waals surface area contributed by atoms with Crippen LogP contribution in [0.15, 0.2) is 6.33 Å². The molecule has 0 saturated heterocycles. The van der Waals surface area contributed by atoms with Gasteiger partial charge in [-0.25, -0.2) is 4.98 Å². The maximum Gasteiger partial charge on any atom is 0.302 e. The average molecular weight is 386 g/mol. The highest BCUT2D eigenvalue weighted by Gasteiger charge is 2.33. The SMILES string of the molecule is CC(=O)OCC(CO)(CCn1cnc2c(Cl)nc(N)nc21)COC(C)=O. The number of nitrogen functional groups attached to an aromatic ring is 1. The number of aliphatic hydroxyl groups excluding tert-OH is 1. The first kappa shape index (κ1) is 19.9. The number of aryl methyl sites for hydroxylation is 1. The highest BCUT2D eigenvalue weighted by molar-refractivity contribution is 6.33. The molecular weight excluding hydrogens is 366 g/mol. The van der Waals surface area contributed by atoms with Crippen molar-refractivity contribution < 1.29 is 24.2 Å². The van der Waals surface area contributed by atoms with Crippen molar-refractivity contribution in [2.75, 3.05) is 25.6 Å². The predicted octanol–water partition coefficient (Wildman–Crippen LogP) is 0.557. The second-order valence-corrected chi connectivity index (χ2v) is 6.31. The van der Waals surface area contributed by atoms with Crippen LogP contribution in [0.25, 0.3) is 11.2 Å². The van der Waals surface area contributed by atoms with E-state index in [9.17, 15) is 14.7 Å². The van der Waals surface area contributed by atoms with E-state index in [2.05, 4.69) is 15.0 Å². The van der Waals surface area contributed by atoms with E-state index >= 15 is 0 Å². The van der Waals surface area contributed by atoms with Gasteiger partial charge in [0.1, 0.15) is 18.7 Å². The second kappa shape index (κ2) is 8.28. The van der Waals surface area contributed by atoms with Gasteiger partial charge in [0, 0.05) is 20.4 Å². The van der Waals surface area contributed by atoms with Crippen LogP contribution in [0.5, 0.6) is 0 Å². The summed E-state index contributed by atoms with van der Waals surface area (Å²) in [6.07, 6.45) is 1.83. The van der Waals surface area contributed by atoms with Crippen molar-refractivity contribution in [1.82, 2.24) is 19.5 Å². The molecular formula is C15H20ClN5O5. The molecule has 10 nitrogen and oxygen atoms in total.